The largest absolute Gasteiger partial charge is 0.507 e. The predicted octanol–water partition coefficient (Wildman–Crippen LogP) is 2.38. The lowest BCUT2D eigenvalue weighted by molar-refractivity contribution is -0.256. The molecule has 8 atom stereocenters. The molecule has 0 saturated carbocycles. The van der Waals surface area contributed by atoms with Gasteiger partial charge in [-0.1, -0.05) is 26.0 Å². The fourth-order valence-electron chi connectivity index (χ4n) is 8.05. The van der Waals surface area contributed by atoms with Crippen LogP contribution < -0.4 is 4.74 Å². The van der Waals surface area contributed by atoms with Crippen LogP contribution in [0, 0.1) is 5.92 Å². The van der Waals surface area contributed by atoms with Crippen molar-refractivity contribution >= 4 is 17.3 Å². The van der Waals surface area contributed by atoms with Gasteiger partial charge in [-0.15, -0.1) is 0 Å². The number of nitrogens with zero attached hydrogens (tertiary/aromatic N) is 1. The smallest absolute Gasteiger partial charge is 0.202 e. The first-order valence-corrected chi connectivity index (χ1v) is 15.9. The number of aromatic hydroxyl groups is 2. The Morgan fingerprint density at radius 3 is 2.51 bits per heavy atom. The zero-order valence-corrected chi connectivity index (χ0v) is 26.8. The van der Waals surface area contributed by atoms with E-state index in [2.05, 4.69) is 4.90 Å². The Balaban J connectivity index is 1.30. The minimum atomic E-state index is -2.01. The summed E-state index contributed by atoms with van der Waals surface area (Å²) in [7, 11) is 2.92. The summed E-state index contributed by atoms with van der Waals surface area (Å²) in [6.45, 7) is 6.21. The number of benzene rings is 2. The van der Waals surface area contributed by atoms with Gasteiger partial charge in [-0.2, -0.15) is 0 Å². The van der Waals surface area contributed by atoms with Gasteiger partial charge in [0.15, 0.2) is 30.4 Å². The molecular weight excluding hydrogens is 614 g/mol. The highest BCUT2D eigenvalue weighted by Gasteiger charge is 2.55. The summed E-state index contributed by atoms with van der Waals surface area (Å²) in [4.78, 5) is 43.4. The van der Waals surface area contributed by atoms with Crippen LogP contribution in [0.5, 0.6) is 17.2 Å². The molecule has 0 bridgehead atoms. The van der Waals surface area contributed by atoms with Crippen LogP contribution in [-0.2, 0) is 34.9 Å². The predicted molar refractivity (Wildman–Crippen MR) is 161 cm³/mol. The topological polar surface area (TPSA) is 171 Å². The van der Waals surface area contributed by atoms with Crippen molar-refractivity contribution in [2.45, 2.75) is 88.8 Å². The van der Waals surface area contributed by atoms with Gasteiger partial charge in [0.05, 0.1) is 42.6 Å². The Kier molecular flexibility index (Phi) is 7.94. The van der Waals surface area contributed by atoms with Gasteiger partial charge < -0.3 is 43.7 Å². The molecule has 3 heterocycles. The molecule has 0 radical (unpaired) electrons. The number of morpholine rings is 1. The number of hydrogen-bond acceptors (Lipinski definition) is 13. The molecule has 3 aliphatic heterocycles. The Morgan fingerprint density at radius 2 is 1.81 bits per heavy atom. The van der Waals surface area contributed by atoms with Crippen molar-refractivity contribution in [3.05, 3.63) is 51.6 Å². The van der Waals surface area contributed by atoms with Gasteiger partial charge >= 0.3 is 0 Å². The van der Waals surface area contributed by atoms with Crippen LogP contribution in [0.4, 0.5) is 0 Å². The number of carbonyl (C=O) groups is 3. The van der Waals surface area contributed by atoms with E-state index >= 15 is 0 Å². The fourth-order valence-corrected chi connectivity index (χ4v) is 8.05. The summed E-state index contributed by atoms with van der Waals surface area (Å²) in [5.74, 6) is -3.48. The van der Waals surface area contributed by atoms with Crippen molar-refractivity contribution in [1.29, 1.82) is 0 Å². The molecule has 0 spiro atoms. The van der Waals surface area contributed by atoms with Crippen molar-refractivity contribution in [1.82, 2.24) is 4.90 Å². The number of rotatable bonds is 6. The van der Waals surface area contributed by atoms with E-state index in [1.54, 1.807) is 27.0 Å². The molecule has 2 aliphatic carbocycles. The summed E-state index contributed by atoms with van der Waals surface area (Å²) in [5.41, 5.74) is -2.84. The molecule has 13 heteroatoms. The summed E-state index contributed by atoms with van der Waals surface area (Å²) in [6.07, 6.45) is -4.18. The van der Waals surface area contributed by atoms with E-state index in [9.17, 15) is 29.7 Å². The zero-order chi connectivity index (χ0) is 33.5. The molecule has 2 aromatic carbocycles. The van der Waals surface area contributed by atoms with E-state index in [1.165, 1.54) is 19.2 Å². The molecular formula is C34H39NO12. The van der Waals surface area contributed by atoms with Crippen LogP contribution in [0.3, 0.4) is 0 Å². The summed E-state index contributed by atoms with van der Waals surface area (Å²) >= 11 is 0. The highest BCUT2D eigenvalue weighted by atomic mass is 16.7. The number of methoxy groups -OCH3 is 2. The van der Waals surface area contributed by atoms with Gasteiger partial charge in [-0.05, 0) is 13.0 Å². The number of fused-ring (bicyclic) bond motifs is 6. The Hall–Kier alpha value is -3.43. The van der Waals surface area contributed by atoms with Gasteiger partial charge in [0.25, 0.3) is 0 Å². The molecule has 1 unspecified atom stereocenters. The lowest BCUT2D eigenvalue weighted by Crippen LogP contribution is -2.55. The second kappa shape index (κ2) is 11.6. The van der Waals surface area contributed by atoms with Gasteiger partial charge in [0, 0.05) is 61.6 Å². The maximum Gasteiger partial charge on any atom is 0.202 e. The molecule has 0 aromatic heterocycles. The number of aliphatic hydroxyl groups is 1. The molecule has 3 fully saturated rings. The average molecular weight is 654 g/mol. The molecule has 47 heavy (non-hydrogen) atoms. The first-order valence-electron chi connectivity index (χ1n) is 15.9. The summed E-state index contributed by atoms with van der Waals surface area (Å²) in [5, 5.41) is 35.4. The lowest BCUT2D eigenvalue weighted by Gasteiger charge is -2.43. The SMILES string of the molecule is COc1cccc2c1C(=O)c1c(O)c3c(c(O)c1C2=O)C[C@@](O)(C(=O)C(C)C)C[C@@H]3OC1C[C@H]2[C@H](O[C@@H]3[C@@H](OC)OCCN32)[C@H](C)O1. The second-order valence-electron chi connectivity index (χ2n) is 13.2. The summed E-state index contributed by atoms with van der Waals surface area (Å²) < 4.78 is 35.7. The first-order chi connectivity index (χ1) is 22.4. The maximum absolute atomic E-state index is 14.0. The van der Waals surface area contributed by atoms with Crippen molar-refractivity contribution in [3.63, 3.8) is 0 Å². The molecule has 0 amide bonds. The maximum atomic E-state index is 14.0. The highest BCUT2D eigenvalue weighted by molar-refractivity contribution is 6.31. The van der Waals surface area contributed by atoms with Gasteiger partial charge in [0.1, 0.15) is 29.0 Å². The number of ketones is 3. The minimum absolute atomic E-state index is 0.00341. The van der Waals surface area contributed by atoms with E-state index in [0.717, 1.165) is 0 Å². The molecule has 3 saturated heterocycles. The number of Topliss-reactive ketones (excluding diaryl/α,β-unsaturated/α-hetero) is 1. The lowest BCUT2D eigenvalue weighted by atomic mass is 9.70. The molecule has 5 aliphatic rings. The Morgan fingerprint density at radius 1 is 1.06 bits per heavy atom. The first kappa shape index (κ1) is 32.1. The van der Waals surface area contributed by atoms with Crippen LogP contribution in [0.2, 0.25) is 0 Å². The molecule has 3 N–H and O–H groups in total. The minimum Gasteiger partial charge on any atom is -0.507 e. The third-order valence-electron chi connectivity index (χ3n) is 10.2. The van der Waals surface area contributed by atoms with E-state index in [-0.39, 0.29) is 52.1 Å². The van der Waals surface area contributed by atoms with Crippen molar-refractivity contribution < 1.29 is 58.1 Å². The van der Waals surface area contributed by atoms with Crippen LogP contribution in [0.15, 0.2) is 18.2 Å². The zero-order valence-electron chi connectivity index (χ0n) is 26.8. The average Bonchev–Trinajstić information content (AvgIpc) is 3.43. The van der Waals surface area contributed by atoms with Crippen molar-refractivity contribution in [3.8, 4) is 17.2 Å². The van der Waals surface area contributed by atoms with Crippen LogP contribution >= 0.6 is 0 Å². The van der Waals surface area contributed by atoms with E-state index in [4.69, 9.17) is 28.4 Å². The van der Waals surface area contributed by atoms with Crippen molar-refractivity contribution in [2.24, 2.45) is 5.92 Å². The normalized spacial score (nSPS) is 33.1. The third kappa shape index (κ3) is 4.82. The Bertz CT molecular complexity index is 1660. The molecule has 13 nitrogen and oxygen atoms in total. The third-order valence-corrected chi connectivity index (χ3v) is 10.2. The van der Waals surface area contributed by atoms with E-state index in [0.29, 0.717) is 19.6 Å². The van der Waals surface area contributed by atoms with Crippen LogP contribution in [0.25, 0.3) is 0 Å². The standard InChI is InChI=1S/C34H39NO12/c1-14(2)31(40)34(41)12-17-23(29(39)25-24(27(17)37)26(36)16-7-6-8-19(42-4)22(16)28(25)38)20(13-34)46-21-11-18-30(15(3)45-21)47-32-33(43-5)44-10-9-35(18)32/h6-8,14-15,18,20-21,30,32-33,37,39,41H,9-13H2,1-5H3/t15-,18-,20-,21?,30+,32+,33-,34-/m0/s1. The Labute approximate surface area is 271 Å². The molecule has 2 aromatic rings. The van der Waals surface area contributed by atoms with Gasteiger partial charge in [-0.25, -0.2) is 0 Å². The number of carbonyl (C=O) groups excluding carboxylic acids is 3. The van der Waals surface area contributed by atoms with E-state index in [1.807, 2.05) is 6.92 Å². The van der Waals surface area contributed by atoms with E-state index < -0.39 is 83.4 Å². The van der Waals surface area contributed by atoms with Gasteiger partial charge in [0.2, 0.25) is 5.78 Å². The van der Waals surface area contributed by atoms with Crippen molar-refractivity contribution in [2.75, 3.05) is 27.4 Å². The van der Waals surface area contributed by atoms with Crippen LogP contribution in [0.1, 0.15) is 82.7 Å². The number of phenolic OH excluding ortho intramolecular Hbond substituents is 2. The summed E-state index contributed by atoms with van der Waals surface area (Å²) in [6, 6.07) is 4.38. The van der Waals surface area contributed by atoms with Gasteiger partial charge in [-0.3, -0.25) is 19.3 Å². The number of hydrogen-bond donors (Lipinski definition) is 3. The van der Waals surface area contributed by atoms with Crippen LogP contribution in [-0.4, -0.2) is 108 Å². The number of ether oxygens (including phenoxy) is 6. The molecule has 7 rings (SSSR count). The monoisotopic (exact) mass is 653 g/mol. The number of phenols is 2. The second-order valence-corrected chi connectivity index (χ2v) is 13.2. The molecule has 252 valence electrons. The highest BCUT2D eigenvalue weighted by Crippen LogP contribution is 2.53. The quantitative estimate of drug-likeness (QED) is 0.332. The fraction of sp³-hybridized carbons (Fsp3) is 0.559.